The number of rotatable bonds is 2. The van der Waals surface area contributed by atoms with E-state index in [-0.39, 0.29) is 0 Å². The number of hydrogen-bond acceptors (Lipinski definition) is 3. The fourth-order valence-electron chi connectivity index (χ4n) is 1.41. The zero-order chi connectivity index (χ0) is 13.0. The topological polar surface area (TPSA) is 47.6 Å². The van der Waals surface area contributed by atoms with Crippen LogP contribution in [-0.4, -0.2) is 0 Å². The standard InChI is InChI=1S/C14H7BrN2S/c15-12-2-4-13(5-3-12)18-14-6-1-10(8-16)7-11(14)9-17/h1-7H. The van der Waals surface area contributed by atoms with Gasteiger partial charge in [0.15, 0.2) is 0 Å². The number of nitrogens with zero attached hydrogens (tertiary/aromatic N) is 2. The lowest BCUT2D eigenvalue weighted by Crippen LogP contribution is -1.84. The second-order valence-electron chi connectivity index (χ2n) is 3.49. The highest BCUT2D eigenvalue weighted by molar-refractivity contribution is 9.10. The van der Waals surface area contributed by atoms with Gasteiger partial charge in [0.1, 0.15) is 6.07 Å². The molecule has 0 saturated carbocycles. The van der Waals surface area contributed by atoms with Gasteiger partial charge in [-0.1, -0.05) is 27.7 Å². The normalized spacial score (nSPS) is 9.50. The molecule has 0 spiro atoms. The summed E-state index contributed by atoms with van der Waals surface area (Å²) in [6.07, 6.45) is 0. The summed E-state index contributed by atoms with van der Waals surface area (Å²) in [4.78, 5) is 1.92. The highest BCUT2D eigenvalue weighted by atomic mass is 79.9. The second kappa shape index (κ2) is 5.73. The van der Waals surface area contributed by atoms with E-state index in [0.717, 1.165) is 14.3 Å². The molecule has 0 aliphatic heterocycles. The second-order valence-corrected chi connectivity index (χ2v) is 5.52. The number of benzene rings is 2. The van der Waals surface area contributed by atoms with Crippen molar-refractivity contribution in [3.05, 3.63) is 58.1 Å². The van der Waals surface area contributed by atoms with Crippen molar-refractivity contribution >= 4 is 27.7 Å². The van der Waals surface area contributed by atoms with E-state index in [1.165, 1.54) is 11.8 Å². The van der Waals surface area contributed by atoms with Gasteiger partial charge in [-0.05, 0) is 42.5 Å². The van der Waals surface area contributed by atoms with E-state index in [1.54, 1.807) is 12.1 Å². The van der Waals surface area contributed by atoms with Crippen molar-refractivity contribution in [3.63, 3.8) is 0 Å². The SMILES string of the molecule is N#Cc1ccc(Sc2ccc(Br)cc2)c(C#N)c1. The Morgan fingerprint density at radius 2 is 1.67 bits per heavy atom. The van der Waals surface area contributed by atoms with Crippen LogP contribution in [0.25, 0.3) is 0 Å². The van der Waals surface area contributed by atoms with Gasteiger partial charge >= 0.3 is 0 Å². The van der Waals surface area contributed by atoms with Crippen molar-refractivity contribution in [1.29, 1.82) is 10.5 Å². The maximum absolute atomic E-state index is 9.08. The minimum absolute atomic E-state index is 0.506. The Hall–Kier alpha value is -1.75. The lowest BCUT2D eigenvalue weighted by Gasteiger charge is -2.04. The van der Waals surface area contributed by atoms with E-state index < -0.39 is 0 Å². The predicted octanol–water partition coefficient (Wildman–Crippen LogP) is 4.34. The van der Waals surface area contributed by atoms with E-state index >= 15 is 0 Å². The third-order valence-corrected chi connectivity index (χ3v) is 3.88. The third kappa shape index (κ3) is 2.92. The van der Waals surface area contributed by atoms with Gasteiger partial charge < -0.3 is 0 Å². The van der Waals surface area contributed by atoms with Crippen LogP contribution >= 0.6 is 27.7 Å². The molecule has 0 heterocycles. The average molecular weight is 315 g/mol. The number of halogens is 1. The molecule has 18 heavy (non-hydrogen) atoms. The van der Waals surface area contributed by atoms with Gasteiger partial charge in [0.25, 0.3) is 0 Å². The van der Waals surface area contributed by atoms with Crippen molar-refractivity contribution in [1.82, 2.24) is 0 Å². The summed E-state index contributed by atoms with van der Waals surface area (Å²) in [5.74, 6) is 0. The minimum atomic E-state index is 0.506. The Bertz CT molecular complexity index is 651. The fourth-order valence-corrected chi connectivity index (χ4v) is 2.55. The molecule has 2 aromatic carbocycles. The van der Waals surface area contributed by atoms with Crippen LogP contribution in [-0.2, 0) is 0 Å². The molecule has 0 unspecified atom stereocenters. The fraction of sp³-hybridized carbons (Fsp3) is 0. The summed E-state index contributed by atoms with van der Waals surface area (Å²) in [6.45, 7) is 0. The molecule has 2 aromatic rings. The van der Waals surface area contributed by atoms with Gasteiger partial charge in [0.05, 0.1) is 17.2 Å². The zero-order valence-corrected chi connectivity index (χ0v) is 11.6. The van der Waals surface area contributed by atoms with Gasteiger partial charge in [0.2, 0.25) is 0 Å². The first-order valence-electron chi connectivity index (χ1n) is 5.10. The molecule has 0 amide bonds. The molecule has 0 aliphatic carbocycles. The van der Waals surface area contributed by atoms with E-state index in [0.29, 0.717) is 11.1 Å². The van der Waals surface area contributed by atoms with Crippen LogP contribution in [0.3, 0.4) is 0 Å². The Kier molecular flexibility index (Phi) is 4.04. The minimum Gasteiger partial charge on any atom is -0.192 e. The van der Waals surface area contributed by atoms with Crippen LogP contribution in [0.2, 0.25) is 0 Å². The molecule has 2 nitrogen and oxygen atoms in total. The summed E-state index contributed by atoms with van der Waals surface area (Å²) in [5.41, 5.74) is 1.04. The summed E-state index contributed by atoms with van der Waals surface area (Å²) in [5, 5.41) is 17.9. The van der Waals surface area contributed by atoms with Crippen molar-refractivity contribution in [3.8, 4) is 12.1 Å². The van der Waals surface area contributed by atoms with E-state index in [4.69, 9.17) is 10.5 Å². The van der Waals surface area contributed by atoms with Crippen LogP contribution in [0, 0.1) is 22.7 Å². The van der Waals surface area contributed by atoms with Gasteiger partial charge in [-0.15, -0.1) is 0 Å². The molecule has 4 heteroatoms. The number of nitriles is 2. The van der Waals surface area contributed by atoms with E-state index in [9.17, 15) is 0 Å². The molecule has 0 fully saturated rings. The summed E-state index contributed by atoms with van der Waals surface area (Å²) >= 11 is 4.89. The monoisotopic (exact) mass is 314 g/mol. The smallest absolute Gasteiger partial charge is 0.100 e. The molecule has 0 aliphatic rings. The Morgan fingerprint density at radius 1 is 0.944 bits per heavy atom. The molecule has 0 bridgehead atoms. The highest BCUT2D eigenvalue weighted by Crippen LogP contribution is 2.31. The predicted molar refractivity (Wildman–Crippen MR) is 74.1 cm³/mol. The van der Waals surface area contributed by atoms with Gasteiger partial charge in [-0.3, -0.25) is 0 Å². The third-order valence-electron chi connectivity index (χ3n) is 2.27. The Labute approximate surface area is 118 Å². The van der Waals surface area contributed by atoms with Crippen LogP contribution in [0.5, 0.6) is 0 Å². The Balaban J connectivity index is 2.32. The molecular weight excluding hydrogens is 308 g/mol. The van der Waals surface area contributed by atoms with Gasteiger partial charge in [-0.2, -0.15) is 10.5 Å². The molecule has 0 saturated heterocycles. The van der Waals surface area contributed by atoms with Crippen LogP contribution in [0.4, 0.5) is 0 Å². The first kappa shape index (κ1) is 12.7. The van der Waals surface area contributed by atoms with E-state index in [2.05, 4.69) is 22.0 Å². The number of hydrogen-bond donors (Lipinski definition) is 0. The zero-order valence-electron chi connectivity index (χ0n) is 9.22. The lowest BCUT2D eigenvalue weighted by molar-refractivity contribution is 1.33. The van der Waals surface area contributed by atoms with Crippen LogP contribution in [0.15, 0.2) is 56.7 Å². The van der Waals surface area contributed by atoms with Crippen molar-refractivity contribution in [2.24, 2.45) is 0 Å². The van der Waals surface area contributed by atoms with Crippen LogP contribution < -0.4 is 0 Å². The maximum Gasteiger partial charge on any atom is 0.100 e. The lowest BCUT2D eigenvalue weighted by atomic mass is 10.1. The summed E-state index contributed by atoms with van der Waals surface area (Å²) in [7, 11) is 0. The van der Waals surface area contributed by atoms with E-state index in [1.807, 2.05) is 36.4 Å². The molecule has 0 radical (unpaired) electrons. The van der Waals surface area contributed by atoms with Crippen LogP contribution in [0.1, 0.15) is 11.1 Å². The van der Waals surface area contributed by atoms with Gasteiger partial charge in [0, 0.05) is 14.3 Å². The first-order chi connectivity index (χ1) is 8.72. The molecule has 2 rings (SSSR count). The summed E-state index contributed by atoms with van der Waals surface area (Å²) in [6, 6.07) is 17.2. The first-order valence-corrected chi connectivity index (χ1v) is 6.71. The molecule has 0 aromatic heterocycles. The Morgan fingerprint density at radius 3 is 2.28 bits per heavy atom. The molecular formula is C14H7BrN2S. The maximum atomic E-state index is 9.08. The molecule has 86 valence electrons. The van der Waals surface area contributed by atoms with Crippen molar-refractivity contribution < 1.29 is 0 Å². The largest absolute Gasteiger partial charge is 0.192 e. The van der Waals surface area contributed by atoms with Crippen molar-refractivity contribution in [2.45, 2.75) is 9.79 Å². The molecule has 0 N–H and O–H groups in total. The quantitative estimate of drug-likeness (QED) is 0.828. The highest BCUT2D eigenvalue weighted by Gasteiger charge is 2.05. The average Bonchev–Trinajstić information content (AvgIpc) is 2.41. The summed E-state index contributed by atoms with van der Waals surface area (Å²) < 4.78 is 1.02. The van der Waals surface area contributed by atoms with Crippen molar-refractivity contribution in [2.75, 3.05) is 0 Å². The van der Waals surface area contributed by atoms with Gasteiger partial charge in [-0.25, -0.2) is 0 Å². The molecule has 0 atom stereocenters.